The summed E-state index contributed by atoms with van der Waals surface area (Å²) >= 11 is 0. The van der Waals surface area contributed by atoms with Crippen molar-refractivity contribution in [1.82, 2.24) is 19.7 Å². The molecule has 1 amide bonds. The van der Waals surface area contributed by atoms with Crippen molar-refractivity contribution in [3.05, 3.63) is 28.7 Å². The molecule has 182 valence electrons. The van der Waals surface area contributed by atoms with Gasteiger partial charge < -0.3 is 21.5 Å². The van der Waals surface area contributed by atoms with E-state index in [-0.39, 0.29) is 41.1 Å². The first-order chi connectivity index (χ1) is 16.1. The minimum Gasteiger partial charge on any atom is -0.459 e. The van der Waals surface area contributed by atoms with E-state index in [0.29, 0.717) is 36.9 Å². The van der Waals surface area contributed by atoms with Crippen LogP contribution in [-0.4, -0.2) is 56.1 Å². The van der Waals surface area contributed by atoms with Crippen LogP contribution in [0.25, 0.3) is 5.95 Å². The average Bonchev–Trinajstić information content (AvgIpc) is 3.36. The molecule has 0 bridgehead atoms. The highest BCUT2D eigenvalue weighted by Gasteiger charge is 2.37. The van der Waals surface area contributed by atoms with Crippen LogP contribution in [0.4, 0.5) is 5.82 Å². The lowest BCUT2D eigenvalue weighted by molar-refractivity contribution is -0.147. The molecule has 2 heterocycles. The number of ether oxygens (including phenoxy) is 1. The van der Waals surface area contributed by atoms with E-state index < -0.39 is 18.0 Å². The van der Waals surface area contributed by atoms with Gasteiger partial charge in [0.2, 0.25) is 0 Å². The number of esters is 1. The number of hydrogen-bond acceptors (Lipinski definition) is 9. The van der Waals surface area contributed by atoms with Gasteiger partial charge in [-0.2, -0.15) is 10.1 Å². The molecule has 2 unspecified atom stereocenters. The molecule has 0 spiro atoms. The van der Waals surface area contributed by atoms with Crippen LogP contribution in [0.2, 0.25) is 0 Å². The molecule has 34 heavy (non-hydrogen) atoms. The Labute approximate surface area is 197 Å². The summed E-state index contributed by atoms with van der Waals surface area (Å²) in [6.45, 7) is 5.84. The summed E-state index contributed by atoms with van der Waals surface area (Å²) in [5, 5.41) is 7.88. The van der Waals surface area contributed by atoms with Crippen LogP contribution in [-0.2, 0) is 22.4 Å². The van der Waals surface area contributed by atoms with Gasteiger partial charge in [0.05, 0.1) is 35.1 Å². The molecular formula is C23H31N7O4. The molecule has 0 aromatic carbocycles. The van der Waals surface area contributed by atoms with Crippen molar-refractivity contribution in [2.24, 2.45) is 16.9 Å². The Morgan fingerprint density at radius 3 is 2.74 bits per heavy atom. The third-order valence-corrected chi connectivity index (χ3v) is 6.41. The van der Waals surface area contributed by atoms with Crippen LogP contribution in [0.5, 0.6) is 0 Å². The minimum absolute atomic E-state index is 0.0666. The second-order valence-corrected chi connectivity index (χ2v) is 9.69. The Morgan fingerprint density at radius 2 is 2.06 bits per heavy atom. The third-order valence-electron chi connectivity index (χ3n) is 6.41. The van der Waals surface area contributed by atoms with E-state index in [1.807, 2.05) is 20.8 Å². The molecule has 2 atom stereocenters. The summed E-state index contributed by atoms with van der Waals surface area (Å²) in [6.07, 6.45) is 4.91. The number of nitrogens with one attached hydrogen (secondary N) is 1. The summed E-state index contributed by atoms with van der Waals surface area (Å²) < 4.78 is 7.05. The van der Waals surface area contributed by atoms with Gasteiger partial charge in [-0.05, 0) is 37.5 Å². The van der Waals surface area contributed by atoms with Crippen LogP contribution in [0.3, 0.4) is 0 Å². The average molecular weight is 470 g/mol. The van der Waals surface area contributed by atoms with E-state index in [9.17, 15) is 14.4 Å². The number of Topliss-reactive ketones (excluding diaryl/α,β-unsaturated/α-hetero) is 1. The summed E-state index contributed by atoms with van der Waals surface area (Å²) in [6, 6.07) is -0.255. The first-order valence-electron chi connectivity index (χ1n) is 11.6. The van der Waals surface area contributed by atoms with Gasteiger partial charge in [0.25, 0.3) is 11.9 Å². The fourth-order valence-corrected chi connectivity index (χ4v) is 4.83. The largest absolute Gasteiger partial charge is 0.459 e. The molecule has 0 saturated heterocycles. The lowest BCUT2D eigenvalue weighted by Gasteiger charge is -2.29. The van der Waals surface area contributed by atoms with Crippen LogP contribution in [0.1, 0.15) is 78.6 Å². The molecule has 1 fully saturated rings. The molecule has 2 aromatic heterocycles. The summed E-state index contributed by atoms with van der Waals surface area (Å²) in [5.41, 5.74) is 13.0. The lowest BCUT2D eigenvalue weighted by Crippen LogP contribution is -2.35. The number of hydrogen-bond donors (Lipinski definition) is 3. The molecular weight excluding hydrogens is 438 g/mol. The van der Waals surface area contributed by atoms with Crippen molar-refractivity contribution >= 4 is 23.5 Å². The van der Waals surface area contributed by atoms with E-state index in [0.717, 1.165) is 18.5 Å². The highest BCUT2D eigenvalue weighted by Crippen LogP contribution is 2.37. The summed E-state index contributed by atoms with van der Waals surface area (Å²) in [4.78, 5) is 45.6. The number of aromatic nitrogens is 4. The molecule has 11 heteroatoms. The van der Waals surface area contributed by atoms with Gasteiger partial charge >= 0.3 is 5.97 Å². The van der Waals surface area contributed by atoms with Gasteiger partial charge in [-0.25, -0.2) is 9.67 Å². The highest BCUT2D eigenvalue weighted by atomic mass is 16.5. The minimum atomic E-state index is -0.685. The SMILES string of the molecule is CCc1nn(-c2ncc(C(N)=O)c(NC3CCCC3OC(=O)CN)n2)c2c1C(=O)CC(C)(C)C2. The maximum atomic E-state index is 12.9. The van der Waals surface area contributed by atoms with Crippen molar-refractivity contribution in [3.63, 3.8) is 0 Å². The topological polar surface area (TPSA) is 168 Å². The van der Waals surface area contributed by atoms with E-state index in [4.69, 9.17) is 16.2 Å². The normalized spacial score (nSPS) is 21.2. The van der Waals surface area contributed by atoms with Crippen molar-refractivity contribution in [2.75, 3.05) is 11.9 Å². The molecule has 1 saturated carbocycles. The second-order valence-electron chi connectivity index (χ2n) is 9.69. The maximum absolute atomic E-state index is 12.9. The fourth-order valence-electron chi connectivity index (χ4n) is 4.83. The highest BCUT2D eigenvalue weighted by molar-refractivity contribution is 6.00. The number of nitrogens with zero attached hydrogens (tertiary/aromatic N) is 4. The number of rotatable bonds is 7. The van der Waals surface area contributed by atoms with Crippen molar-refractivity contribution in [1.29, 1.82) is 0 Å². The maximum Gasteiger partial charge on any atom is 0.320 e. The van der Waals surface area contributed by atoms with Crippen LogP contribution in [0.15, 0.2) is 6.20 Å². The number of ketones is 1. The Hall–Kier alpha value is -3.34. The van der Waals surface area contributed by atoms with Gasteiger partial charge in [-0.3, -0.25) is 14.4 Å². The zero-order valence-electron chi connectivity index (χ0n) is 19.8. The molecule has 2 aliphatic carbocycles. The number of fused-ring (bicyclic) bond motifs is 1. The smallest absolute Gasteiger partial charge is 0.320 e. The summed E-state index contributed by atoms with van der Waals surface area (Å²) in [7, 11) is 0. The third kappa shape index (κ3) is 4.52. The quantitative estimate of drug-likeness (QED) is 0.506. The number of carbonyl (C=O) groups excluding carboxylic acids is 3. The first kappa shape index (κ1) is 23.8. The van der Waals surface area contributed by atoms with Crippen LogP contribution in [0, 0.1) is 5.41 Å². The Bertz CT molecular complexity index is 1140. The van der Waals surface area contributed by atoms with Crippen molar-refractivity contribution < 1.29 is 19.1 Å². The molecule has 2 aromatic rings. The predicted molar refractivity (Wildman–Crippen MR) is 124 cm³/mol. The van der Waals surface area contributed by atoms with Crippen molar-refractivity contribution in [3.8, 4) is 5.95 Å². The number of nitrogens with two attached hydrogens (primary N) is 2. The number of amides is 1. The monoisotopic (exact) mass is 469 g/mol. The van der Waals surface area contributed by atoms with Gasteiger partial charge in [0.1, 0.15) is 11.9 Å². The Balaban J connectivity index is 1.73. The number of anilines is 1. The van der Waals surface area contributed by atoms with Gasteiger partial charge in [-0.15, -0.1) is 0 Å². The molecule has 0 aliphatic heterocycles. The fraction of sp³-hybridized carbons (Fsp3) is 0.565. The first-order valence-corrected chi connectivity index (χ1v) is 11.6. The number of aryl methyl sites for hydroxylation is 1. The summed E-state index contributed by atoms with van der Waals surface area (Å²) in [5.74, 6) is -0.628. The predicted octanol–water partition coefficient (Wildman–Crippen LogP) is 1.31. The van der Waals surface area contributed by atoms with Gasteiger partial charge in [0.15, 0.2) is 5.78 Å². The van der Waals surface area contributed by atoms with E-state index in [1.54, 1.807) is 4.68 Å². The van der Waals surface area contributed by atoms with E-state index in [1.165, 1.54) is 6.20 Å². The standard InChI is InChI=1S/C23H31N7O4/c1-4-13-19-15(8-23(2,3)9-16(19)31)30(29-13)22-26-11-12(20(25)33)21(28-22)27-14-6-5-7-17(14)34-18(32)10-24/h11,14,17H,4-10,24H2,1-3H3,(H2,25,33)(H,26,27,28). The van der Waals surface area contributed by atoms with Gasteiger partial charge in [-0.1, -0.05) is 20.8 Å². The van der Waals surface area contributed by atoms with E-state index >= 15 is 0 Å². The molecule has 0 radical (unpaired) electrons. The molecule has 5 N–H and O–H groups in total. The number of carbonyl (C=O) groups is 3. The molecule has 2 aliphatic rings. The lowest BCUT2D eigenvalue weighted by atomic mass is 9.75. The van der Waals surface area contributed by atoms with Crippen molar-refractivity contribution in [2.45, 2.75) is 71.4 Å². The zero-order valence-corrected chi connectivity index (χ0v) is 19.8. The number of primary amides is 1. The van der Waals surface area contributed by atoms with Crippen LogP contribution < -0.4 is 16.8 Å². The second kappa shape index (κ2) is 9.13. The Morgan fingerprint density at radius 1 is 1.29 bits per heavy atom. The molecule has 11 nitrogen and oxygen atoms in total. The van der Waals surface area contributed by atoms with Gasteiger partial charge in [0, 0.05) is 12.6 Å². The van der Waals surface area contributed by atoms with Crippen LogP contribution >= 0.6 is 0 Å². The Kier molecular flexibility index (Phi) is 6.39. The molecule has 4 rings (SSSR count). The van der Waals surface area contributed by atoms with E-state index in [2.05, 4.69) is 20.4 Å². The zero-order chi connectivity index (χ0) is 24.6.